The number of rotatable bonds is 2. The maximum atomic E-state index is 11.9. The molecule has 0 radical (unpaired) electrons. The van der Waals surface area contributed by atoms with Gasteiger partial charge in [0.1, 0.15) is 6.08 Å². The van der Waals surface area contributed by atoms with Crippen molar-refractivity contribution >= 4 is 23.7 Å². The van der Waals surface area contributed by atoms with Crippen LogP contribution < -0.4 is 5.11 Å². The molecule has 1 unspecified atom stereocenters. The second kappa shape index (κ2) is 8.46. The van der Waals surface area contributed by atoms with E-state index in [1.807, 2.05) is 0 Å². The molecular formula is C20H23ClNO4-. The number of aliphatic imine (C=N–C) groups is 1. The van der Waals surface area contributed by atoms with Crippen molar-refractivity contribution < 1.29 is 19.4 Å². The van der Waals surface area contributed by atoms with Crippen LogP contribution in [0.3, 0.4) is 0 Å². The molecule has 1 aliphatic carbocycles. The molecule has 1 aromatic rings. The smallest absolute Gasteiger partial charge is 0.339 e. The summed E-state index contributed by atoms with van der Waals surface area (Å²) >= 11 is 6.02. The highest BCUT2D eigenvalue weighted by Gasteiger charge is 2.25. The van der Waals surface area contributed by atoms with Gasteiger partial charge in [0.05, 0.1) is 18.7 Å². The summed E-state index contributed by atoms with van der Waals surface area (Å²) in [6, 6.07) is 4.65. The zero-order valence-electron chi connectivity index (χ0n) is 15.5. The Bertz CT molecular complexity index is 755. The van der Waals surface area contributed by atoms with E-state index in [0.29, 0.717) is 16.1 Å². The maximum Gasteiger partial charge on any atom is 0.339 e. The Morgan fingerprint density at radius 2 is 2.08 bits per heavy atom. The molecule has 1 saturated carbocycles. The standard InChI is InChI=1S/C20H24ClNO4/c1-20(2,3)26-19(24)22-17-7-5-6-13(17)8-9-14-12-15(21)10-11-16(14)18(23)25-4/h10-13,17H,5-7H2,1-4H3,(H,22,24)/p-1/t13-,17?/m1/s1. The first-order valence-electron chi connectivity index (χ1n) is 8.53. The molecular weight excluding hydrogens is 354 g/mol. The molecule has 140 valence electrons. The number of carbonyl (C=O) groups excluding carboxylic acids is 1. The van der Waals surface area contributed by atoms with Crippen LogP contribution in [0.1, 0.15) is 56.0 Å². The fraction of sp³-hybridized carbons (Fsp3) is 0.500. The number of hydrogen-bond acceptors (Lipinski definition) is 5. The Balaban J connectivity index is 2.22. The fourth-order valence-corrected chi connectivity index (χ4v) is 2.94. The lowest BCUT2D eigenvalue weighted by atomic mass is 10.0. The van der Waals surface area contributed by atoms with Gasteiger partial charge in [-0.25, -0.2) is 4.79 Å². The van der Waals surface area contributed by atoms with E-state index in [0.717, 1.165) is 19.3 Å². The first kappa shape index (κ1) is 20.1. The first-order chi connectivity index (χ1) is 12.2. The van der Waals surface area contributed by atoms with Gasteiger partial charge >= 0.3 is 5.97 Å². The lowest BCUT2D eigenvalue weighted by molar-refractivity contribution is -0.261. The molecule has 0 saturated heterocycles. The van der Waals surface area contributed by atoms with Gasteiger partial charge in [-0.3, -0.25) is 4.99 Å². The average Bonchev–Trinajstić information content (AvgIpc) is 2.97. The molecule has 0 aromatic heterocycles. The van der Waals surface area contributed by atoms with Crippen LogP contribution in [-0.4, -0.2) is 30.8 Å². The van der Waals surface area contributed by atoms with Crippen molar-refractivity contribution in [3.8, 4) is 11.8 Å². The summed E-state index contributed by atoms with van der Waals surface area (Å²) in [5.41, 5.74) is 0.298. The van der Waals surface area contributed by atoms with Crippen LogP contribution in [0.5, 0.6) is 0 Å². The molecule has 0 aliphatic heterocycles. The van der Waals surface area contributed by atoms with Gasteiger partial charge < -0.3 is 14.6 Å². The second-order valence-corrected chi connectivity index (χ2v) is 7.60. The summed E-state index contributed by atoms with van der Waals surface area (Å²) in [5, 5.41) is 12.4. The van der Waals surface area contributed by atoms with E-state index >= 15 is 0 Å². The zero-order valence-corrected chi connectivity index (χ0v) is 16.2. The van der Waals surface area contributed by atoms with E-state index in [1.165, 1.54) is 7.11 Å². The Morgan fingerprint density at radius 1 is 1.35 bits per heavy atom. The largest absolute Gasteiger partial charge is 0.595 e. The van der Waals surface area contributed by atoms with Gasteiger partial charge in [-0.1, -0.05) is 44.2 Å². The van der Waals surface area contributed by atoms with Gasteiger partial charge in [0.25, 0.3) is 0 Å². The number of nitrogens with zero attached hydrogens (tertiary/aromatic N) is 1. The molecule has 5 nitrogen and oxygen atoms in total. The summed E-state index contributed by atoms with van der Waals surface area (Å²) in [7, 11) is 1.32. The number of hydrogen-bond donors (Lipinski definition) is 0. The third-order valence-corrected chi connectivity index (χ3v) is 4.16. The highest BCUT2D eigenvalue weighted by Crippen LogP contribution is 2.28. The van der Waals surface area contributed by atoms with E-state index in [9.17, 15) is 9.90 Å². The van der Waals surface area contributed by atoms with E-state index in [2.05, 4.69) is 16.8 Å². The van der Waals surface area contributed by atoms with Crippen LogP contribution in [-0.2, 0) is 9.47 Å². The topological polar surface area (TPSA) is 71.0 Å². The lowest BCUT2D eigenvalue weighted by Crippen LogP contribution is -2.33. The average molecular weight is 377 g/mol. The van der Waals surface area contributed by atoms with Crippen LogP contribution in [0, 0.1) is 17.8 Å². The molecule has 1 aliphatic rings. The summed E-state index contributed by atoms with van der Waals surface area (Å²) < 4.78 is 10.0. The molecule has 2 atom stereocenters. The second-order valence-electron chi connectivity index (χ2n) is 7.17. The molecule has 0 amide bonds. The number of halogens is 1. The van der Waals surface area contributed by atoms with Gasteiger partial charge in [-0.2, -0.15) is 0 Å². The number of benzene rings is 1. The van der Waals surface area contributed by atoms with Crippen molar-refractivity contribution in [3.63, 3.8) is 0 Å². The number of carbonyl (C=O) groups is 1. The molecule has 0 spiro atoms. The maximum absolute atomic E-state index is 11.9. The Labute approximate surface area is 159 Å². The molecule has 0 N–H and O–H groups in total. The predicted molar refractivity (Wildman–Crippen MR) is 99.1 cm³/mol. The van der Waals surface area contributed by atoms with E-state index in [4.69, 9.17) is 21.1 Å². The normalized spacial score (nSPS) is 20.3. The number of methoxy groups -OCH3 is 1. The zero-order chi connectivity index (χ0) is 19.3. The van der Waals surface area contributed by atoms with Gasteiger partial charge in [0, 0.05) is 22.1 Å². The molecule has 0 bridgehead atoms. The monoisotopic (exact) mass is 376 g/mol. The van der Waals surface area contributed by atoms with Crippen molar-refractivity contribution in [2.45, 2.75) is 51.7 Å². The molecule has 26 heavy (non-hydrogen) atoms. The van der Waals surface area contributed by atoms with Crippen LogP contribution in [0.15, 0.2) is 23.2 Å². The molecule has 6 heteroatoms. The van der Waals surface area contributed by atoms with Gasteiger partial charge in [0.2, 0.25) is 0 Å². The Hall–Kier alpha value is -2.19. The highest BCUT2D eigenvalue weighted by molar-refractivity contribution is 6.30. The van der Waals surface area contributed by atoms with Gasteiger partial charge in [0.15, 0.2) is 0 Å². The molecule has 2 rings (SSSR count). The van der Waals surface area contributed by atoms with E-state index in [-0.39, 0.29) is 12.0 Å². The van der Waals surface area contributed by atoms with Crippen molar-refractivity contribution in [2.75, 3.05) is 7.11 Å². The lowest BCUT2D eigenvalue weighted by Gasteiger charge is -2.30. The van der Waals surface area contributed by atoms with E-state index < -0.39 is 17.7 Å². The van der Waals surface area contributed by atoms with Crippen molar-refractivity contribution in [1.29, 1.82) is 0 Å². The van der Waals surface area contributed by atoms with Crippen LogP contribution in [0.4, 0.5) is 0 Å². The quantitative estimate of drug-likeness (QED) is 0.344. The minimum absolute atomic E-state index is 0.0630. The summed E-state index contributed by atoms with van der Waals surface area (Å²) in [6.45, 7) is 5.42. The molecule has 0 heterocycles. The third-order valence-electron chi connectivity index (χ3n) is 3.92. The molecule has 1 aromatic carbocycles. The minimum atomic E-state index is -0.573. The van der Waals surface area contributed by atoms with E-state index in [1.54, 1.807) is 39.0 Å². The fourth-order valence-electron chi connectivity index (χ4n) is 2.77. The van der Waals surface area contributed by atoms with Crippen LogP contribution in [0.25, 0.3) is 0 Å². The third kappa shape index (κ3) is 5.67. The summed E-state index contributed by atoms with van der Waals surface area (Å²) in [4.78, 5) is 16.0. The number of ether oxygens (including phenoxy) is 2. The van der Waals surface area contributed by atoms with Crippen LogP contribution >= 0.6 is 11.6 Å². The van der Waals surface area contributed by atoms with Crippen LogP contribution in [0.2, 0.25) is 5.02 Å². The summed E-state index contributed by atoms with van der Waals surface area (Å²) in [5.74, 6) is 5.63. The summed E-state index contributed by atoms with van der Waals surface area (Å²) in [6.07, 6.45) is 2.01. The van der Waals surface area contributed by atoms with Gasteiger partial charge in [-0.05, 0) is 37.5 Å². The highest BCUT2D eigenvalue weighted by atomic mass is 35.5. The Morgan fingerprint density at radius 3 is 2.73 bits per heavy atom. The van der Waals surface area contributed by atoms with Crippen molar-refractivity contribution in [3.05, 3.63) is 34.3 Å². The predicted octanol–water partition coefficient (Wildman–Crippen LogP) is 3.18. The number of esters is 1. The van der Waals surface area contributed by atoms with Crippen molar-refractivity contribution in [1.82, 2.24) is 0 Å². The Kier molecular flexibility index (Phi) is 6.55. The SMILES string of the molecule is COC(=O)c1ccc(Cl)cc1C#C[C@H]1CCCC1N=C([O-])OC(C)(C)C. The molecule has 1 fully saturated rings. The van der Waals surface area contributed by atoms with Gasteiger partial charge in [-0.15, -0.1) is 0 Å². The minimum Gasteiger partial charge on any atom is -0.595 e. The van der Waals surface area contributed by atoms with Crippen molar-refractivity contribution in [2.24, 2.45) is 10.9 Å². The first-order valence-corrected chi connectivity index (χ1v) is 8.90.